The molecule has 12 heavy (non-hydrogen) atoms. The lowest BCUT2D eigenvalue weighted by atomic mass is 10.4. The van der Waals surface area contributed by atoms with Crippen molar-refractivity contribution in [1.29, 1.82) is 0 Å². The van der Waals surface area contributed by atoms with Crippen molar-refractivity contribution in [2.45, 2.75) is 0 Å². The second-order valence-electron chi connectivity index (χ2n) is 2.59. The highest BCUT2D eigenvalue weighted by Crippen LogP contribution is 2.04. The van der Waals surface area contributed by atoms with Crippen LogP contribution in [0.2, 0.25) is 0 Å². The summed E-state index contributed by atoms with van der Waals surface area (Å²) >= 11 is 0. The molecule has 70 valence electrons. The van der Waals surface area contributed by atoms with Crippen molar-refractivity contribution in [3.05, 3.63) is 11.7 Å². The van der Waals surface area contributed by atoms with Gasteiger partial charge in [-0.05, 0) is 0 Å². The van der Waals surface area contributed by atoms with Crippen LogP contribution in [0.3, 0.4) is 0 Å². The van der Waals surface area contributed by atoms with Crippen LogP contribution in [-0.4, -0.2) is 43.4 Å². The standard InChI is InChI=1S/C7H15N3O2/c1-9-6(8)7(11)10-2-4-12-5-3-10/h9,11H,2-5,8H2,1H3/b7-6-. The van der Waals surface area contributed by atoms with Crippen LogP contribution < -0.4 is 11.1 Å². The lowest BCUT2D eigenvalue weighted by Crippen LogP contribution is -2.38. The van der Waals surface area contributed by atoms with Gasteiger partial charge in [-0.15, -0.1) is 0 Å². The van der Waals surface area contributed by atoms with Gasteiger partial charge in [-0.25, -0.2) is 0 Å². The van der Waals surface area contributed by atoms with E-state index in [9.17, 15) is 5.11 Å². The fourth-order valence-electron chi connectivity index (χ4n) is 1.06. The van der Waals surface area contributed by atoms with Crippen molar-refractivity contribution in [2.75, 3.05) is 33.4 Å². The zero-order chi connectivity index (χ0) is 8.97. The van der Waals surface area contributed by atoms with Crippen molar-refractivity contribution in [3.8, 4) is 0 Å². The number of ether oxygens (including phenoxy) is 1. The Labute approximate surface area is 71.8 Å². The van der Waals surface area contributed by atoms with E-state index in [1.165, 1.54) is 0 Å². The fourth-order valence-corrected chi connectivity index (χ4v) is 1.06. The number of aliphatic hydroxyl groups is 1. The van der Waals surface area contributed by atoms with Gasteiger partial charge >= 0.3 is 0 Å². The summed E-state index contributed by atoms with van der Waals surface area (Å²) in [5, 5.41) is 12.2. The Morgan fingerprint density at radius 1 is 1.50 bits per heavy atom. The van der Waals surface area contributed by atoms with Crippen LogP contribution >= 0.6 is 0 Å². The van der Waals surface area contributed by atoms with E-state index in [1.807, 2.05) is 0 Å². The molecule has 0 bridgehead atoms. The Hall–Kier alpha value is -1.10. The molecule has 1 aliphatic rings. The Morgan fingerprint density at radius 2 is 2.08 bits per heavy atom. The van der Waals surface area contributed by atoms with Crippen LogP contribution in [0, 0.1) is 0 Å². The molecule has 0 aromatic carbocycles. The van der Waals surface area contributed by atoms with E-state index in [2.05, 4.69) is 5.32 Å². The third-order valence-corrected chi connectivity index (χ3v) is 1.82. The summed E-state index contributed by atoms with van der Waals surface area (Å²) in [7, 11) is 1.67. The van der Waals surface area contributed by atoms with Gasteiger partial charge in [0.1, 0.15) is 0 Å². The summed E-state index contributed by atoms with van der Waals surface area (Å²) in [6.45, 7) is 2.66. The first kappa shape index (κ1) is 8.99. The molecule has 0 aromatic heterocycles. The van der Waals surface area contributed by atoms with Gasteiger partial charge < -0.3 is 25.8 Å². The van der Waals surface area contributed by atoms with E-state index in [0.717, 1.165) is 0 Å². The number of rotatable bonds is 2. The summed E-state index contributed by atoms with van der Waals surface area (Å²) in [5.41, 5.74) is 5.48. The molecule has 1 rings (SSSR count). The first-order valence-electron chi connectivity index (χ1n) is 3.95. The summed E-state index contributed by atoms with van der Waals surface area (Å²) in [6, 6.07) is 0. The molecule has 0 spiro atoms. The summed E-state index contributed by atoms with van der Waals surface area (Å²) in [4.78, 5) is 1.79. The molecular formula is C7H15N3O2. The number of nitrogens with one attached hydrogen (secondary N) is 1. The van der Waals surface area contributed by atoms with Gasteiger partial charge in [0.05, 0.1) is 13.2 Å². The quantitative estimate of drug-likeness (QED) is 0.476. The number of nitrogens with two attached hydrogens (primary N) is 1. The van der Waals surface area contributed by atoms with Crippen molar-refractivity contribution < 1.29 is 9.84 Å². The molecule has 4 N–H and O–H groups in total. The predicted molar refractivity (Wildman–Crippen MR) is 45.3 cm³/mol. The Balaban J connectivity index is 2.55. The Morgan fingerprint density at radius 3 is 2.58 bits per heavy atom. The van der Waals surface area contributed by atoms with Crippen molar-refractivity contribution in [2.24, 2.45) is 5.73 Å². The van der Waals surface area contributed by atoms with E-state index in [-0.39, 0.29) is 5.88 Å². The second kappa shape index (κ2) is 4.06. The minimum absolute atomic E-state index is 0.112. The molecule has 0 radical (unpaired) electrons. The van der Waals surface area contributed by atoms with Crippen molar-refractivity contribution in [1.82, 2.24) is 10.2 Å². The highest BCUT2D eigenvalue weighted by atomic mass is 16.5. The topological polar surface area (TPSA) is 70.8 Å². The molecule has 0 aromatic rings. The molecule has 1 aliphatic heterocycles. The smallest absolute Gasteiger partial charge is 0.228 e. The van der Waals surface area contributed by atoms with Gasteiger partial charge in [0, 0.05) is 20.1 Å². The maximum Gasteiger partial charge on any atom is 0.228 e. The first-order valence-corrected chi connectivity index (χ1v) is 3.95. The molecule has 0 amide bonds. The highest BCUT2D eigenvalue weighted by Gasteiger charge is 2.14. The van der Waals surface area contributed by atoms with Crippen LogP contribution in [0.1, 0.15) is 0 Å². The molecule has 0 aliphatic carbocycles. The molecule has 5 nitrogen and oxygen atoms in total. The Bertz CT molecular complexity index is 175. The van der Waals surface area contributed by atoms with Crippen LogP contribution in [-0.2, 0) is 4.74 Å². The molecule has 5 heteroatoms. The lowest BCUT2D eigenvalue weighted by Gasteiger charge is -2.28. The number of nitrogens with zero attached hydrogens (tertiary/aromatic N) is 1. The van der Waals surface area contributed by atoms with Crippen LogP contribution in [0.25, 0.3) is 0 Å². The zero-order valence-electron chi connectivity index (χ0n) is 7.21. The third-order valence-electron chi connectivity index (χ3n) is 1.82. The van der Waals surface area contributed by atoms with Gasteiger partial charge in [-0.2, -0.15) is 0 Å². The minimum atomic E-state index is 0.112. The Kier molecular flexibility index (Phi) is 3.04. The maximum atomic E-state index is 9.50. The van der Waals surface area contributed by atoms with Gasteiger partial charge in [0.15, 0.2) is 5.82 Å². The average Bonchev–Trinajstić information content (AvgIpc) is 2.17. The van der Waals surface area contributed by atoms with Crippen molar-refractivity contribution >= 4 is 0 Å². The summed E-state index contributed by atoms with van der Waals surface area (Å²) < 4.78 is 5.13. The number of hydrogen-bond donors (Lipinski definition) is 3. The average molecular weight is 173 g/mol. The number of hydrogen-bond acceptors (Lipinski definition) is 5. The highest BCUT2D eigenvalue weighted by molar-refractivity contribution is 5.00. The van der Waals surface area contributed by atoms with Gasteiger partial charge in [0.2, 0.25) is 5.88 Å². The minimum Gasteiger partial charge on any atom is -0.492 e. The molecule has 0 saturated carbocycles. The van der Waals surface area contributed by atoms with Crippen LogP contribution in [0.15, 0.2) is 11.7 Å². The summed E-state index contributed by atoms with van der Waals surface area (Å²) in [6.07, 6.45) is 0. The van der Waals surface area contributed by atoms with Gasteiger partial charge in [-0.1, -0.05) is 0 Å². The van der Waals surface area contributed by atoms with E-state index in [0.29, 0.717) is 32.1 Å². The van der Waals surface area contributed by atoms with E-state index in [4.69, 9.17) is 10.5 Å². The van der Waals surface area contributed by atoms with Crippen molar-refractivity contribution in [3.63, 3.8) is 0 Å². The fraction of sp³-hybridized carbons (Fsp3) is 0.714. The normalized spacial score (nSPS) is 20.2. The first-order chi connectivity index (χ1) is 5.75. The largest absolute Gasteiger partial charge is 0.492 e. The lowest BCUT2D eigenvalue weighted by molar-refractivity contribution is 0.0298. The van der Waals surface area contributed by atoms with E-state index >= 15 is 0 Å². The van der Waals surface area contributed by atoms with E-state index < -0.39 is 0 Å². The monoisotopic (exact) mass is 173 g/mol. The molecule has 1 fully saturated rings. The van der Waals surface area contributed by atoms with Crippen LogP contribution in [0.4, 0.5) is 0 Å². The number of morpholine rings is 1. The SMILES string of the molecule is CN/C(N)=C(\O)N1CCOCC1. The zero-order valence-corrected chi connectivity index (χ0v) is 7.21. The molecule has 0 atom stereocenters. The van der Waals surface area contributed by atoms with Gasteiger partial charge in [0.25, 0.3) is 0 Å². The molecule has 1 heterocycles. The van der Waals surface area contributed by atoms with Crippen LogP contribution in [0.5, 0.6) is 0 Å². The van der Waals surface area contributed by atoms with Gasteiger partial charge in [-0.3, -0.25) is 0 Å². The molecule has 1 saturated heterocycles. The third kappa shape index (κ3) is 1.94. The predicted octanol–water partition coefficient (Wildman–Crippen LogP) is -0.819. The molecular weight excluding hydrogens is 158 g/mol. The number of aliphatic hydroxyl groups excluding tert-OH is 1. The van der Waals surface area contributed by atoms with E-state index in [1.54, 1.807) is 11.9 Å². The summed E-state index contributed by atoms with van der Waals surface area (Å²) in [5.74, 6) is 0.415. The molecule has 0 unspecified atom stereocenters. The maximum absolute atomic E-state index is 9.50. The second-order valence-corrected chi connectivity index (χ2v) is 2.59.